The van der Waals surface area contributed by atoms with Gasteiger partial charge in [-0.1, -0.05) is 30.7 Å². The van der Waals surface area contributed by atoms with Gasteiger partial charge in [0.1, 0.15) is 0 Å². The Balaban J connectivity index is 1.88. The molecule has 5 nitrogen and oxygen atoms in total. The summed E-state index contributed by atoms with van der Waals surface area (Å²) in [5.41, 5.74) is 1.30. The third-order valence-corrected chi connectivity index (χ3v) is 5.47. The predicted molar refractivity (Wildman–Crippen MR) is 118 cm³/mol. The molecule has 1 fully saturated rings. The maximum absolute atomic E-state index is 6.03. The number of likely N-dealkylation sites (tertiary alicyclic amines) is 1. The SMILES string of the molecule is CCNC(=NCC(CC)c1ccc(Cl)cc1)N1CCC(OCCCOC)CC1. The van der Waals surface area contributed by atoms with E-state index in [1.165, 1.54) is 5.56 Å². The second-order valence-corrected chi connectivity index (χ2v) is 7.69. The number of nitrogens with one attached hydrogen (secondary N) is 1. The van der Waals surface area contributed by atoms with Crippen molar-refractivity contribution in [2.45, 2.75) is 51.6 Å². The third-order valence-electron chi connectivity index (χ3n) is 5.22. The number of hydrogen-bond donors (Lipinski definition) is 1. The van der Waals surface area contributed by atoms with Crippen molar-refractivity contribution in [3.63, 3.8) is 0 Å². The number of rotatable bonds is 10. The Bertz CT molecular complexity index is 572. The summed E-state index contributed by atoms with van der Waals surface area (Å²) in [7, 11) is 1.73. The average molecular weight is 410 g/mol. The van der Waals surface area contributed by atoms with Gasteiger partial charge in [-0.2, -0.15) is 0 Å². The van der Waals surface area contributed by atoms with Gasteiger partial charge in [0.05, 0.1) is 6.10 Å². The highest BCUT2D eigenvalue weighted by Gasteiger charge is 2.22. The average Bonchev–Trinajstić information content (AvgIpc) is 2.72. The molecule has 1 aliphatic rings. The first-order valence-corrected chi connectivity index (χ1v) is 10.9. The Kier molecular flexibility index (Phi) is 10.7. The molecule has 158 valence electrons. The van der Waals surface area contributed by atoms with E-state index >= 15 is 0 Å². The molecule has 0 aromatic heterocycles. The number of aliphatic imine (C=N–C) groups is 1. The zero-order valence-corrected chi connectivity index (χ0v) is 18.4. The monoisotopic (exact) mass is 409 g/mol. The number of ether oxygens (including phenoxy) is 2. The molecule has 0 saturated carbocycles. The molecule has 1 aliphatic heterocycles. The van der Waals surface area contributed by atoms with E-state index in [0.29, 0.717) is 12.0 Å². The van der Waals surface area contributed by atoms with Crippen molar-refractivity contribution in [2.75, 3.05) is 46.5 Å². The van der Waals surface area contributed by atoms with E-state index in [-0.39, 0.29) is 0 Å². The fraction of sp³-hybridized carbons (Fsp3) is 0.682. The Morgan fingerprint density at radius 3 is 2.54 bits per heavy atom. The minimum absolute atomic E-state index is 0.355. The fourth-order valence-electron chi connectivity index (χ4n) is 3.52. The fourth-order valence-corrected chi connectivity index (χ4v) is 3.64. The summed E-state index contributed by atoms with van der Waals surface area (Å²) >= 11 is 6.03. The van der Waals surface area contributed by atoms with Crippen LogP contribution in [-0.2, 0) is 9.47 Å². The van der Waals surface area contributed by atoms with Gasteiger partial charge >= 0.3 is 0 Å². The van der Waals surface area contributed by atoms with Gasteiger partial charge in [-0.15, -0.1) is 0 Å². The summed E-state index contributed by atoms with van der Waals surface area (Å²) in [4.78, 5) is 7.33. The van der Waals surface area contributed by atoms with Crippen molar-refractivity contribution in [2.24, 2.45) is 4.99 Å². The summed E-state index contributed by atoms with van der Waals surface area (Å²) in [5.74, 6) is 1.43. The van der Waals surface area contributed by atoms with E-state index in [4.69, 9.17) is 26.1 Å². The van der Waals surface area contributed by atoms with Crippen LogP contribution in [0.1, 0.15) is 51.0 Å². The molecule has 0 spiro atoms. The van der Waals surface area contributed by atoms with E-state index in [1.54, 1.807) is 7.11 Å². The van der Waals surface area contributed by atoms with Gasteiger partial charge in [0.15, 0.2) is 5.96 Å². The van der Waals surface area contributed by atoms with Crippen LogP contribution in [0, 0.1) is 0 Å². The van der Waals surface area contributed by atoms with Crippen LogP contribution in [0.2, 0.25) is 5.02 Å². The quantitative estimate of drug-likeness (QED) is 0.355. The van der Waals surface area contributed by atoms with Crippen LogP contribution in [-0.4, -0.2) is 63.5 Å². The van der Waals surface area contributed by atoms with Crippen LogP contribution in [0.3, 0.4) is 0 Å². The first kappa shape index (κ1) is 23.0. The molecule has 1 N–H and O–H groups in total. The van der Waals surface area contributed by atoms with Gasteiger partial charge in [0.2, 0.25) is 0 Å². The van der Waals surface area contributed by atoms with E-state index < -0.39 is 0 Å². The van der Waals surface area contributed by atoms with Gasteiger partial charge < -0.3 is 19.7 Å². The molecule has 1 unspecified atom stereocenters. The standard InChI is InChI=1S/C22H36ClN3O2/c1-4-18(19-7-9-20(23)10-8-19)17-25-22(24-5-2)26-13-11-21(12-14-26)28-16-6-15-27-3/h7-10,18,21H,4-6,11-17H2,1-3H3,(H,24,25). The molecule has 1 aromatic carbocycles. The summed E-state index contributed by atoms with van der Waals surface area (Å²) in [6.45, 7) is 9.52. The molecule has 0 aliphatic carbocycles. The molecule has 1 heterocycles. The van der Waals surface area contributed by atoms with Gasteiger partial charge in [0.25, 0.3) is 0 Å². The Labute approximate surface area is 175 Å². The first-order chi connectivity index (χ1) is 13.7. The van der Waals surface area contributed by atoms with E-state index in [9.17, 15) is 0 Å². The molecule has 28 heavy (non-hydrogen) atoms. The maximum Gasteiger partial charge on any atom is 0.193 e. The lowest BCUT2D eigenvalue weighted by Gasteiger charge is -2.34. The summed E-state index contributed by atoms with van der Waals surface area (Å²) < 4.78 is 11.1. The Morgan fingerprint density at radius 2 is 1.93 bits per heavy atom. The van der Waals surface area contributed by atoms with Crippen LogP contribution >= 0.6 is 11.6 Å². The number of piperidine rings is 1. The summed E-state index contributed by atoms with van der Waals surface area (Å²) in [5, 5.41) is 4.24. The molecule has 0 radical (unpaired) electrons. The second-order valence-electron chi connectivity index (χ2n) is 7.25. The van der Waals surface area contributed by atoms with Crippen molar-refractivity contribution in [3.05, 3.63) is 34.9 Å². The minimum atomic E-state index is 0.355. The smallest absolute Gasteiger partial charge is 0.193 e. The highest BCUT2D eigenvalue weighted by atomic mass is 35.5. The molecule has 6 heteroatoms. The Hall–Kier alpha value is -1.30. The lowest BCUT2D eigenvalue weighted by Crippen LogP contribution is -2.47. The van der Waals surface area contributed by atoms with Crippen molar-refractivity contribution in [1.82, 2.24) is 10.2 Å². The van der Waals surface area contributed by atoms with Crippen molar-refractivity contribution >= 4 is 17.6 Å². The number of nitrogens with zero attached hydrogens (tertiary/aromatic N) is 2. The highest BCUT2D eigenvalue weighted by molar-refractivity contribution is 6.30. The molecule has 2 rings (SSSR count). The zero-order valence-electron chi connectivity index (χ0n) is 17.6. The molecule has 0 bridgehead atoms. The number of guanidine groups is 1. The lowest BCUT2D eigenvalue weighted by molar-refractivity contribution is 0.00990. The third kappa shape index (κ3) is 7.61. The highest BCUT2D eigenvalue weighted by Crippen LogP contribution is 2.22. The van der Waals surface area contributed by atoms with Crippen LogP contribution in [0.25, 0.3) is 0 Å². The molecule has 1 atom stereocenters. The number of halogens is 1. The van der Waals surface area contributed by atoms with Crippen LogP contribution in [0.15, 0.2) is 29.3 Å². The van der Waals surface area contributed by atoms with Gasteiger partial charge in [-0.3, -0.25) is 4.99 Å². The van der Waals surface area contributed by atoms with Gasteiger partial charge in [0, 0.05) is 57.4 Å². The largest absolute Gasteiger partial charge is 0.385 e. The Morgan fingerprint density at radius 1 is 1.21 bits per heavy atom. The van der Waals surface area contributed by atoms with Crippen LogP contribution in [0.5, 0.6) is 0 Å². The molecule has 1 saturated heterocycles. The first-order valence-electron chi connectivity index (χ1n) is 10.6. The number of methoxy groups -OCH3 is 1. The summed E-state index contributed by atoms with van der Waals surface area (Å²) in [6, 6.07) is 8.16. The van der Waals surface area contributed by atoms with Crippen LogP contribution < -0.4 is 5.32 Å². The minimum Gasteiger partial charge on any atom is -0.385 e. The number of hydrogen-bond acceptors (Lipinski definition) is 3. The lowest BCUT2D eigenvalue weighted by atomic mass is 9.97. The maximum atomic E-state index is 6.03. The van der Waals surface area contributed by atoms with E-state index in [2.05, 4.69) is 36.2 Å². The zero-order chi connectivity index (χ0) is 20.2. The van der Waals surface area contributed by atoms with Crippen molar-refractivity contribution in [3.8, 4) is 0 Å². The molecule has 1 aromatic rings. The summed E-state index contributed by atoms with van der Waals surface area (Å²) in [6.07, 6.45) is 4.47. The van der Waals surface area contributed by atoms with E-state index in [1.807, 2.05) is 12.1 Å². The normalized spacial score (nSPS) is 17.0. The van der Waals surface area contributed by atoms with E-state index in [0.717, 1.165) is 76.1 Å². The van der Waals surface area contributed by atoms with Crippen molar-refractivity contribution < 1.29 is 9.47 Å². The topological polar surface area (TPSA) is 46.1 Å². The molecular formula is C22H36ClN3O2. The van der Waals surface area contributed by atoms with Crippen LogP contribution in [0.4, 0.5) is 0 Å². The molecule has 0 amide bonds. The van der Waals surface area contributed by atoms with Crippen molar-refractivity contribution in [1.29, 1.82) is 0 Å². The second kappa shape index (κ2) is 13.0. The number of benzene rings is 1. The van der Waals surface area contributed by atoms with Gasteiger partial charge in [-0.25, -0.2) is 0 Å². The molecular weight excluding hydrogens is 374 g/mol. The predicted octanol–water partition coefficient (Wildman–Crippen LogP) is 4.32. The van der Waals surface area contributed by atoms with Gasteiger partial charge in [-0.05, 0) is 50.3 Å².